The molecule has 0 saturated carbocycles. The van der Waals surface area contributed by atoms with Crippen LogP contribution < -0.4 is 5.32 Å². The van der Waals surface area contributed by atoms with Crippen LogP contribution in [0.2, 0.25) is 0 Å². The number of aromatic nitrogens is 3. The normalized spacial score (nSPS) is 13.9. The summed E-state index contributed by atoms with van der Waals surface area (Å²) in [6, 6.07) is 0. The minimum absolute atomic E-state index is 0.0392. The Bertz CT molecular complexity index is 708. The van der Waals surface area contributed by atoms with Crippen LogP contribution in [0.25, 0.3) is 0 Å². The summed E-state index contributed by atoms with van der Waals surface area (Å²) in [7, 11) is 0. The molecule has 0 saturated heterocycles. The van der Waals surface area contributed by atoms with E-state index < -0.39 is 0 Å². The first kappa shape index (κ1) is 14.1. The number of hydrogen-bond acceptors (Lipinski definition) is 7. The van der Waals surface area contributed by atoms with Crippen molar-refractivity contribution >= 4 is 39.8 Å². The van der Waals surface area contributed by atoms with Crippen molar-refractivity contribution in [1.29, 1.82) is 0 Å². The number of aryl methyl sites for hydroxylation is 1. The highest BCUT2D eigenvalue weighted by Gasteiger charge is 2.27. The molecular weight excluding hydrogens is 310 g/mol. The van der Waals surface area contributed by atoms with E-state index in [1.165, 1.54) is 18.3 Å². The van der Waals surface area contributed by atoms with Gasteiger partial charge in [-0.05, 0) is 18.5 Å². The summed E-state index contributed by atoms with van der Waals surface area (Å²) in [6.45, 7) is 4.37. The molecule has 2 amide bonds. The van der Waals surface area contributed by atoms with Crippen LogP contribution in [0.5, 0.6) is 0 Å². The second-order valence-electron chi connectivity index (χ2n) is 4.73. The van der Waals surface area contributed by atoms with Gasteiger partial charge in [0.1, 0.15) is 4.88 Å². The van der Waals surface area contributed by atoms with E-state index in [2.05, 4.69) is 19.9 Å². The predicted molar refractivity (Wildman–Crippen MR) is 79.5 cm³/mol. The van der Waals surface area contributed by atoms with Crippen LogP contribution in [-0.4, -0.2) is 37.8 Å². The topological polar surface area (TPSA) is 88.1 Å². The first-order valence-electron chi connectivity index (χ1n) is 6.39. The summed E-state index contributed by atoms with van der Waals surface area (Å²) >= 11 is 2.55. The average molecular weight is 323 g/mol. The molecule has 0 radical (unpaired) electrons. The molecular formula is C12H13N5O2S2. The Balaban J connectivity index is 1.78. The zero-order valence-electron chi connectivity index (χ0n) is 11.5. The van der Waals surface area contributed by atoms with Crippen molar-refractivity contribution in [2.24, 2.45) is 0 Å². The van der Waals surface area contributed by atoms with Crippen LogP contribution in [0.1, 0.15) is 32.9 Å². The van der Waals surface area contributed by atoms with Gasteiger partial charge in [-0.15, -0.1) is 5.10 Å². The monoisotopic (exact) mass is 323 g/mol. The van der Waals surface area contributed by atoms with E-state index in [0.29, 0.717) is 35.2 Å². The van der Waals surface area contributed by atoms with Crippen LogP contribution in [0.3, 0.4) is 0 Å². The van der Waals surface area contributed by atoms with E-state index in [1.54, 1.807) is 11.8 Å². The SMILES string of the molecule is CC(=O)Nc1nc2c(s1)CN(C(=O)c1snnc1C)CC2. The first-order valence-corrected chi connectivity index (χ1v) is 7.98. The molecule has 0 aromatic carbocycles. The summed E-state index contributed by atoms with van der Waals surface area (Å²) in [6.07, 6.45) is 0.697. The van der Waals surface area contributed by atoms with Crippen molar-refractivity contribution < 1.29 is 9.59 Å². The van der Waals surface area contributed by atoms with Crippen molar-refractivity contribution in [2.45, 2.75) is 26.8 Å². The maximum Gasteiger partial charge on any atom is 0.267 e. The lowest BCUT2D eigenvalue weighted by Gasteiger charge is -2.25. The van der Waals surface area contributed by atoms with Crippen molar-refractivity contribution in [2.75, 3.05) is 11.9 Å². The maximum atomic E-state index is 12.4. The van der Waals surface area contributed by atoms with Gasteiger partial charge in [0.2, 0.25) is 5.91 Å². The summed E-state index contributed by atoms with van der Waals surface area (Å²) < 4.78 is 3.81. The summed E-state index contributed by atoms with van der Waals surface area (Å²) in [5, 5.41) is 7.16. The molecule has 2 aromatic rings. The van der Waals surface area contributed by atoms with Crippen molar-refractivity contribution in [3.05, 3.63) is 21.1 Å². The smallest absolute Gasteiger partial charge is 0.267 e. The van der Waals surface area contributed by atoms with Crippen LogP contribution in [0.4, 0.5) is 5.13 Å². The van der Waals surface area contributed by atoms with Crippen LogP contribution in [-0.2, 0) is 17.8 Å². The molecule has 1 N–H and O–H groups in total. The molecule has 9 heteroatoms. The van der Waals surface area contributed by atoms with E-state index >= 15 is 0 Å². The van der Waals surface area contributed by atoms with E-state index in [4.69, 9.17) is 0 Å². The Hall–Kier alpha value is -1.87. The number of fused-ring (bicyclic) bond motifs is 1. The Morgan fingerprint density at radius 2 is 2.19 bits per heavy atom. The zero-order chi connectivity index (χ0) is 15.0. The molecule has 2 aromatic heterocycles. The van der Waals surface area contributed by atoms with Gasteiger partial charge in [-0.3, -0.25) is 9.59 Å². The Morgan fingerprint density at radius 3 is 2.86 bits per heavy atom. The molecule has 0 atom stereocenters. The van der Waals surface area contributed by atoms with Gasteiger partial charge >= 0.3 is 0 Å². The van der Waals surface area contributed by atoms with E-state index in [0.717, 1.165) is 22.1 Å². The van der Waals surface area contributed by atoms with Gasteiger partial charge in [-0.1, -0.05) is 15.8 Å². The van der Waals surface area contributed by atoms with Gasteiger partial charge in [0.05, 0.1) is 17.9 Å². The van der Waals surface area contributed by atoms with Crippen molar-refractivity contribution in [3.63, 3.8) is 0 Å². The molecule has 7 nitrogen and oxygen atoms in total. The number of nitrogens with one attached hydrogen (secondary N) is 1. The number of carbonyl (C=O) groups excluding carboxylic acids is 2. The number of rotatable bonds is 2. The second-order valence-corrected chi connectivity index (χ2v) is 6.57. The van der Waals surface area contributed by atoms with Crippen LogP contribution >= 0.6 is 22.9 Å². The van der Waals surface area contributed by atoms with E-state index in [-0.39, 0.29) is 11.8 Å². The Kier molecular flexibility index (Phi) is 3.68. The zero-order valence-corrected chi connectivity index (χ0v) is 13.2. The maximum absolute atomic E-state index is 12.4. The number of amides is 2. The van der Waals surface area contributed by atoms with E-state index in [9.17, 15) is 9.59 Å². The van der Waals surface area contributed by atoms with Gasteiger partial charge in [0, 0.05) is 24.8 Å². The number of nitrogens with zero attached hydrogens (tertiary/aromatic N) is 4. The minimum Gasteiger partial charge on any atom is -0.332 e. The first-order chi connectivity index (χ1) is 10.0. The molecule has 3 heterocycles. The van der Waals surface area contributed by atoms with Gasteiger partial charge in [0.25, 0.3) is 5.91 Å². The summed E-state index contributed by atoms with van der Waals surface area (Å²) in [5.41, 5.74) is 1.63. The largest absolute Gasteiger partial charge is 0.332 e. The molecule has 110 valence electrons. The highest BCUT2D eigenvalue weighted by Crippen LogP contribution is 2.29. The molecule has 0 unspecified atom stereocenters. The predicted octanol–water partition coefficient (Wildman–Crippen LogP) is 1.46. The van der Waals surface area contributed by atoms with Crippen LogP contribution in [0.15, 0.2) is 0 Å². The van der Waals surface area contributed by atoms with E-state index in [1.807, 2.05) is 0 Å². The fraction of sp³-hybridized carbons (Fsp3) is 0.417. The summed E-state index contributed by atoms with van der Waals surface area (Å²) in [4.78, 5) is 31.3. The Morgan fingerprint density at radius 1 is 1.38 bits per heavy atom. The van der Waals surface area contributed by atoms with Crippen molar-refractivity contribution in [1.82, 2.24) is 19.5 Å². The van der Waals surface area contributed by atoms with Gasteiger partial charge < -0.3 is 10.2 Å². The Labute approximate surface area is 129 Å². The highest BCUT2D eigenvalue weighted by molar-refractivity contribution is 7.15. The third-order valence-electron chi connectivity index (χ3n) is 3.15. The molecule has 0 fully saturated rings. The number of anilines is 1. The highest BCUT2D eigenvalue weighted by atomic mass is 32.1. The van der Waals surface area contributed by atoms with Gasteiger partial charge in [-0.25, -0.2) is 4.98 Å². The molecule has 0 bridgehead atoms. The lowest BCUT2D eigenvalue weighted by molar-refractivity contribution is -0.114. The summed E-state index contributed by atoms with van der Waals surface area (Å²) in [5.74, 6) is -0.178. The average Bonchev–Trinajstić information content (AvgIpc) is 3.01. The van der Waals surface area contributed by atoms with Crippen LogP contribution in [0, 0.1) is 6.92 Å². The number of carbonyl (C=O) groups is 2. The van der Waals surface area contributed by atoms with Crippen molar-refractivity contribution in [3.8, 4) is 0 Å². The quantitative estimate of drug-likeness (QED) is 0.904. The molecule has 0 spiro atoms. The fourth-order valence-electron chi connectivity index (χ4n) is 2.14. The lowest BCUT2D eigenvalue weighted by atomic mass is 10.1. The number of hydrogen-bond donors (Lipinski definition) is 1. The molecule has 21 heavy (non-hydrogen) atoms. The third-order valence-corrected chi connectivity index (χ3v) is 4.96. The second kappa shape index (κ2) is 5.49. The van der Waals surface area contributed by atoms with Gasteiger partial charge in [-0.2, -0.15) is 0 Å². The van der Waals surface area contributed by atoms with Gasteiger partial charge in [0.15, 0.2) is 5.13 Å². The lowest BCUT2D eigenvalue weighted by Crippen LogP contribution is -2.35. The molecule has 3 rings (SSSR count). The fourth-order valence-corrected chi connectivity index (χ4v) is 3.84. The number of thiazole rings is 1. The standard InChI is InChI=1S/C12H13N5O2S2/c1-6-10(21-16-15-6)11(19)17-4-3-8-9(5-17)20-12(14-8)13-7(2)18/h3-5H2,1-2H3,(H,13,14,18). The molecule has 1 aliphatic heterocycles. The minimum atomic E-state index is -0.139. The third kappa shape index (κ3) is 2.79. The molecule has 0 aliphatic carbocycles. The molecule has 1 aliphatic rings.